The van der Waals surface area contributed by atoms with E-state index in [1.807, 2.05) is 24.3 Å². The molecule has 2 N–H and O–H groups in total. The molecule has 2 atom stereocenters. The first-order valence-electron chi connectivity index (χ1n) is 8.46. The maximum Gasteiger partial charge on any atom is 0.249 e. The molecule has 3 aromatic rings. The highest BCUT2D eigenvalue weighted by Crippen LogP contribution is 2.23. The zero-order valence-electron chi connectivity index (χ0n) is 15.6. The number of methoxy groups -OCH3 is 1. The van der Waals surface area contributed by atoms with Crippen molar-refractivity contribution in [3.05, 3.63) is 48.1 Å². The fourth-order valence-electron chi connectivity index (χ4n) is 2.69. The average molecular weight is 370 g/mol. The molecule has 27 heavy (non-hydrogen) atoms. The molecule has 1 aromatic carbocycles. The normalized spacial score (nSPS) is 13.2. The van der Waals surface area contributed by atoms with E-state index in [0.717, 1.165) is 11.1 Å². The number of nitrogens with one attached hydrogen (secondary N) is 2. The summed E-state index contributed by atoms with van der Waals surface area (Å²) in [4.78, 5) is 17.0. The van der Waals surface area contributed by atoms with Gasteiger partial charge in [-0.25, -0.2) is 0 Å². The molecule has 9 heteroatoms. The molecule has 142 valence electrons. The number of carbonyl (C=O) groups is 1. The molecule has 3 rings (SSSR count). The number of aryl methyl sites for hydroxylation is 1. The van der Waals surface area contributed by atoms with Crippen LogP contribution in [0.1, 0.15) is 30.5 Å². The predicted octanol–water partition coefficient (Wildman–Crippen LogP) is 1.62. The number of benzene rings is 1. The van der Waals surface area contributed by atoms with Gasteiger partial charge in [0.15, 0.2) is 0 Å². The molecule has 1 amide bonds. The molecule has 2 aromatic heterocycles. The Balaban J connectivity index is 1.71. The van der Waals surface area contributed by atoms with Crippen molar-refractivity contribution in [2.75, 3.05) is 14.2 Å². The summed E-state index contributed by atoms with van der Waals surface area (Å²) in [6.07, 6.45) is 3.44. The Kier molecular flexibility index (Phi) is 5.51. The van der Waals surface area contributed by atoms with E-state index in [1.54, 1.807) is 45.2 Å². The van der Waals surface area contributed by atoms with Crippen molar-refractivity contribution in [1.29, 1.82) is 0 Å². The molecule has 0 saturated carbocycles. The molecule has 0 aliphatic heterocycles. The number of carbonyl (C=O) groups excluding carboxylic acids is 1. The summed E-state index contributed by atoms with van der Waals surface area (Å²) < 4.78 is 12.2. The van der Waals surface area contributed by atoms with Crippen LogP contribution in [0.3, 0.4) is 0 Å². The Labute approximate surface area is 156 Å². The van der Waals surface area contributed by atoms with Crippen molar-refractivity contribution < 1.29 is 14.1 Å². The number of hydrogen-bond acceptors (Lipinski definition) is 7. The summed E-state index contributed by atoms with van der Waals surface area (Å²) >= 11 is 0. The number of rotatable bonds is 7. The minimum absolute atomic E-state index is 0.209. The largest absolute Gasteiger partial charge is 0.497 e. The SMILES string of the molecule is CNC(C(=O)NC(C)c1nc(-c2cccc(OC)c2)no1)c1cnn(C)c1. The first kappa shape index (κ1) is 18.6. The highest BCUT2D eigenvalue weighted by Gasteiger charge is 2.24. The van der Waals surface area contributed by atoms with Gasteiger partial charge in [-0.1, -0.05) is 17.3 Å². The maximum atomic E-state index is 12.6. The molecule has 2 unspecified atom stereocenters. The molecular weight excluding hydrogens is 348 g/mol. The quantitative estimate of drug-likeness (QED) is 0.651. The van der Waals surface area contributed by atoms with E-state index in [4.69, 9.17) is 9.26 Å². The first-order chi connectivity index (χ1) is 13.0. The van der Waals surface area contributed by atoms with Crippen molar-refractivity contribution in [1.82, 2.24) is 30.6 Å². The second-order valence-corrected chi connectivity index (χ2v) is 6.09. The van der Waals surface area contributed by atoms with Gasteiger partial charge in [0.25, 0.3) is 0 Å². The summed E-state index contributed by atoms with van der Waals surface area (Å²) in [5.41, 5.74) is 1.54. The van der Waals surface area contributed by atoms with Gasteiger partial charge in [-0.05, 0) is 26.1 Å². The monoisotopic (exact) mass is 370 g/mol. The van der Waals surface area contributed by atoms with Gasteiger partial charge in [0.2, 0.25) is 17.6 Å². The Hall–Kier alpha value is -3.20. The fourth-order valence-corrected chi connectivity index (χ4v) is 2.69. The average Bonchev–Trinajstić information content (AvgIpc) is 3.32. The van der Waals surface area contributed by atoms with Crippen LogP contribution in [0.15, 0.2) is 41.2 Å². The van der Waals surface area contributed by atoms with Gasteiger partial charge in [0, 0.05) is 24.4 Å². The van der Waals surface area contributed by atoms with E-state index in [9.17, 15) is 4.79 Å². The number of nitrogens with zero attached hydrogens (tertiary/aromatic N) is 4. The molecule has 0 bridgehead atoms. The second kappa shape index (κ2) is 8.00. The molecule has 0 spiro atoms. The number of aromatic nitrogens is 4. The highest BCUT2D eigenvalue weighted by atomic mass is 16.5. The van der Waals surface area contributed by atoms with Crippen LogP contribution in [0.2, 0.25) is 0 Å². The molecule has 0 aliphatic carbocycles. The number of hydrogen-bond donors (Lipinski definition) is 2. The van der Waals surface area contributed by atoms with Gasteiger partial charge in [-0.2, -0.15) is 10.1 Å². The molecule has 0 fully saturated rings. The third-order valence-electron chi connectivity index (χ3n) is 4.11. The molecular formula is C18H22N6O3. The van der Waals surface area contributed by atoms with Gasteiger partial charge < -0.3 is 19.9 Å². The van der Waals surface area contributed by atoms with E-state index in [1.165, 1.54) is 0 Å². The number of ether oxygens (including phenoxy) is 1. The van der Waals surface area contributed by atoms with Crippen LogP contribution in [-0.2, 0) is 11.8 Å². The van der Waals surface area contributed by atoms with Crippen molar-refractivity contribution in [2.45, 2.75) is 19.0 Å². The highest BCUT2D eigenvalue weighted by molar-refractivity contribution is 5.83. The van der Waals surface area contributed by atoms with Crippen LogP contribution in [-0.4, -0.2) is 40.0 Å². The van der Waals surface area contributed by atoms with Crippen molar-refractivity contribution in [2.24, 2.45) is 7.05 Å². The summed E-state index contributed by atoms with van der Waals surface area (Å²) in [7, 11) is 5.11. The topological polar surface area (TPSA) is 107 Å². The van der Waals surface area contributed by atoms with Crippen LogP contribution >= 0.6 is 0 Å². The molecule has 0 saturated heterocycles. The standard InChI is InChI=1S/C18H22N6O3/c1-11(21-17(25)15(19-2)13-9-20-24(3)10-13)18-22-16(23-27-18)12-6-5-7-14(8-12)26-4/h5-11,15,19H,1-4H3,(H,21,25). The lowest BCUT2D eigenvalue weighted by molar-refractivity contribution is -0.124. The summed E-state index contributed by atoms with van der Waals surface area (Å²) in [6, 6.07) is 6.39. The lowest BCUT2D eigenvalue weighted by Crippen LogP contribution is -2.37. The first-order valence-corrected chi connectivity index (χ1v) is 8.46. The van der Waals surface area contributed by atoms with Crippen LogP contribution in [0, 0.1) is 0 Å². The zero-order chi connectivity index (χ0) is 19.4. The van der Waals surface area contributed by atoms with Crippen molar-refractivity contribution in [3.63, 3.8) is 0 Å². The predicted molar refractivity (Wildman–Crippen MR) is 97.9 cm³/mol. The van der Waals surface area contributed by atoms with Crippen LogP contribution < -0.4 is 15.4 Å². The van der Waals surface area contributed by atoms with Gasteiger partial charge in [0.1, 0.15) is 17.8 Å². The minimum Gasteiger partial charge on any atom is -0.497 e. The van der Waals surface area contributed by atoms with Gasteiger partial charge >= 0.3 is 0 Å². The number of likely N-dealkylation sites (N-methyl/N-ethyl adjacent to an activating group) is 1. The lowest BCUT2D eigenvalue weighted by atomic mass is 10.1. The van der Waals surface area contributed by atoms with Crippen molar-refractivity contribution >= 4 is 5.91 Å². The fraction of sp³-hybridized carbons (Fsp3) is 0.333. The Morgan fingerprint density at radius 2 is 2.19 bits per heavy atom. The van der Waals surface area contributed by atoms with Crippen molar-refractivity contribution in [3.8, 4) is 17.1 Å². The molecule has 9 nitrogen and oxygen atoms in total. The van der Waals surface area contributed by atoms with Crippen LogP contribution in [0.25, 0.3) is 11.4 Å². The maximum absolute atomic E-state index is 12.6. The van der Waals surface area contributed by atoms with E-state index in [-0.39, 0.29) is 5.91 Å². The third kappa shape index (κ3) is 4.14. The lowest BCUT2D eigenvalue weighted by Gasteiger charge is -2.16. The van der Waals surface area contributed by atoms with Crippen LogP contribution in [0.5, 0.6) is 5.75 Å². The smallest absolute Gasteiger partial charge is 0.249 e. The summed E-state index contributed by atoms with van der Waals surface area (Å²) in [5.74, 6) is 1.25. The second-order valence-electron chi connectivity index (χ2n) is 6.09. The van der Waals surface area contributed by atoms with Gasteiger partial charge in [-0.3, -0.25) is 9.48 Å². The zero-order valence-corrected chi connectivity index (χ0v) is 15.6. The van der Waals surface area contributed by atoms with E-state index in [2.05, 4.69) is 25.9 Å². The number of amides is 1. The van der Waals surface area contributed by atoms with E-state index < -0.39 is 12.1 Å². The van der Waals surface area contributed by atoms with Crippen LogP contribution in [0.4, 0.5) is 0 Å². The minimum atomic E-state index is -0.526. The Morgan fingerprint density at radius 1 is 1.37 bits per heavy atom. The molecule has 2 heterocycles. The van der Waals surface area contributed by atoms with E-state index >= 15 is 0 Å². The van der Waals surface area contributed by atoms with Gasteiger partial charge in [-0.15, -0.1) is 0 Å². The Bertz CT molecular complexity index is 919. The molecule has 0 aliphatic rings. The summed E-state index contributed by atoms with van der Waals surface area (Å²) in [5, 5.41) is 14.0. The van der Waals surface area contributed by atoms with E-state index in [0.29, 0.717) is 17.5 Å². The third-order valence-corrected chi connectivity index (χ3v) is 4.11. The summed E-state index contributed by atoms with van der Waals surface area (Å²) in [6.45, 7) is 1.79. The molecule has 0 radical (unpaired) electrons. The Morgan fingerprint density at radius 3 is 2.85 bits per heavy atom. The van der Waals surface area contributed by atoms with Gasteiger partial charge in [0.05, 0.1) is 13.3 Å².